The fourth-order valence-corrected chi connectivity index (χ4v) is 2.68. The monoisotopic (exact) mass is 323 g/mol. The molecule has 2 rings (SSSR count). The lowest BCUT2D eigenvalue weighted by Gasteiger charge is -2.14. The van der Waals surface area contributed by atoms with Gasteiger partial charge in [0, 0.05) is 6.04 Å². The summed E-state index contributed by atoms with van der Waals surface area (Å²) in [5.74, 6) is 0.379. The van der Waals surface area contributed by atoms with Gasteiger partial charge in [0.15, 0.2) is 0 Å². The second-order valence-corrected chi connectivity index (χ2v) is 6.65. The normalized spacial score (nSPS) is 12.5. The highest BCUT2D eigenvalue weighted by molar-refractivity contribution is 7.12. The van der Waals surface area contributed by atoms with Crippen molar-refractivity contribution < 1.29 is 4.79 Å². The minimum atomic E-state index is -0.410. The van der Waals surface area contributed by atoms with E-state index in [-0.39, 0.29) is 18.5 Å². The molecule has 0 bridgehead atoms. The zero-order valence-corrected chi connectivity index (χ0v) is 13.8. The first-order chi connectivity index (χ1) is 10.5. The third kappa shape index (κ3) is 4.27. The molecule has 0 fully saturated rings. The fraction of sp³-hybridized carbons (Fsp3) is 0.571. The summed E-state index contributed by atoms with van der Waals surface area (Å²) < 4.78 is 2.27. The molecule has 8 heteroatoms. The summed E-state index contributed by atoms with van der Waals surface area (Å²) in [5, 5.41) is 13.0. The zero-order valence-electron chi connectivity index (χ0n) is 13.0. The van der Waals surface area contributed by atoms with Crippen molar-refractivity contribution in [3.8, 4) is 5.00 Å². The first-order valence-corrected chi connectivity index (χ1v) is 8.21. The van der Waals surface area contributed by atoms with Gasteiger partial charge >= 0.3 is 5.69 Å². The molecule has 0 saturated carbocycles. The lowest BCUT2D eigenvalue weighted by atomic mass is 10.0. The van der Waals surface area contributed by atoms with E-state index in [2.05, 4.69) is 29.6 Å². The van der Waals surface area contributed by atoms with Gasteiger partial charge in [0.1, 0.15) is 11.5 Å². The Balaban J connectivity index is 1.94. The summed E-state index contributed by atoms with van der Waals surface area (Å²) in [4.78, 5) is 24.1. The number of nitrogens with one attached hydrogen (secondary N) is 1. The van der Waals surface area contributed by atoms with Crippen LogP contribution in [-0.2, 0) is 11.3 Å². The van der Waals surface area contributed by atoms with Gasteiger partial charge in [-0.15, -0.1) is 11.3 Å². The third-order valence-electron chi connectivity index (χ3n) is 3.23. The maximum Gasteiger partial charge on any atom is 0.369 e. The van der Waals surface area contributed by atoms with Crippen LogP contribution in [-0.4, -0.2) is 31.7 Å². The molecule has 7 nitrogen and oxygen atoms in total. The van der Waals surface area contributed by atoms with Crippen LogP contribution in [0, 0.1) is 5.92 Å². The Kier molecular flexibility index (Phi) is 5.48. The Hall–Kier alpha value is -1.96. The number of tetrazole rings is 1. The number of rotatable bonds is 7. The van der Waals surface area contributed by atoms with Gasteiger partial charge in [-0.05, 0) is 53.6 Å². The highest BCUT2D eigenvalue weighted by Crippen LogP contribution is 2.10. The van der Waals surface area contributed by atoms with Crippen molar-refractivity contribution in [1.29, 1.82) is 0 Å². The second kappa shape index (κ2) is 7.35. The first kappa shape index (κ1) is 16.4. The van der Waals surface area contributed by atoms with Crippen molar-refractivity contribution in [2.75, 3.05) is 0 Å². The SMILES string of the molecule is CC(C)CCC(C)NC(=O)Cn1nnn(-c2cccs2)c1=O. The van der Waals surface area contributed by atoms with E-state index in [4.69, 9.17) is 0 Å². The van der Waals surface area contributed by atoms with E-state index < -0.39 is 5.69 Å². The molecule has 1 unspecified atom stereocenters. The van der Waals surface area contributed by atoms with Crippen LogP contribution in [0.5, 0.6) is 0 Å². The Morgan fingerprint density at radius 3 is 2.73 bits per heavy atom. The molecule has 0 aliphatic rings. The molecule has 2 aromatic heterocycles. The first-order valence-electron chi connectivity index (χ1n) is 7.33. The van der Waals surface area contributed by atoms with Crippen molar-refractivity contribution in [2.24, 2.45) is 5.92 Å². The molecule has 1 N–H and O–H groups in total. The minimum absolute atomic E-state index is 0.0814. The van der Waals surface area contributed by atoms with Crippen molar-refractivity contribution in [1.82, 2.24) is 25.1 Å². The summed E-state index contributed by atoms with van der Waals surface area (Å²) >= 11 is 1.39. The standard InChI is InChI=1S/C14H21N5O2S/c1-10(2)6-7-11(3)15-12(20)9-18-14(21)19(17-16-18)13-5-4-8-22-13/h4-5,8,10-11H,6-7,9H2,1-3H3,(H,15,20). The smallest absolute Gasteiger partial charge is 0.352 e. The lowest BCUT2D eigenvalue weighted by Crippen LogP contribution is -2.38. The molecule has 22 heavy (non-hydrogen) atoms. The Labute approximate surface area is 132 Å². The molecule has 1 amide bonds. The molecule has 120 valence electrons. The zero-order chi connectivity index (χ0) is 16.1. The van der Waals surface area contributed by atoms with Gasteiger partial charge in [-0.3, -0.25) is 4.79 Å². The van der Waals surface area contributed by atoms with Crippen LogP contribution in [0.4, 0.5) is 0 Å². The third-order valence-corrected chi connectivity index (χ3v) is 4.08. The largest absolute Gasteiger partial charge is 0.369 e. The van der Waals surface area contributed by atoms with E-state index >= 15 is 0 Å². The van der Waals surface area contributed by atoms with Crippen LogP contribution in [0.15, 0.2) is 22.3 Å². The summed E-state index contributed by atoms with van der Waals surface area (Å²) in [6.07, 6.45) is 1.97. The van der Waals surface area contributed by atoms with Crippen molar-refractivity contribution >= 4 is 17.2 Å². The van der Waals surface area contributed by atoms with Crippen LogP contribution >= 0.6 is 11.3 Å². The lowest BCUT2D eigenvalue weighted by molar-refractivity contribution is -0.122. The highest BCUT2D eigenvalue weighted by Gasteiger charge is 2.14. The fourth-order valence-electron chi connectivity index (χ4n) is 2.01. The topological polar surface area (TPSA) is 81.8 Å². The van der Waals surface area contributed by atoms with Crippen LogP contribution in [0.25, 0.3) is 5.00 Å². The van der Waals surface area contributed by atoms with Crippen LogP contribution in [0.1, 0.15) is 33.6 Å². The van der Waals surface area contributed by atoms with Crippen molar-refractivity contribution in [3.63, 3.8) is 0 Å². The van der Waals surface area contributed by atoms with Gasteiger partial charge < -0.3 is 5.32 Å². The highest BCUT2D eigenvalue weighted by atomic mass is 32.1. The number of carbonyl (C=O) groups excluding carboxylic acids is 1. The van der Waals surface area contributed by atoms with Crippen LogP contribution in [0.3, 0.4) is 0 Å². The van der Waals surface area contributed by atoms with E-state index in [0.717, 1.165) is 17.5 Å². The van der Waals surface area contributed by atoms with E-state index in [1.807, 2.05) is 18.4 Å². The predicted molar refractivity (Wildman–Crippen MR) is 85.2 cm³/mol. The van der Waals surface area contributed by atoms with E-state index in [1.165, 1.54) is 16.0 Å². The van der Waals surface area contributed by atoms with E-state index in [9.17, 15) is 9.59 Å². The number of carbonyl (C=O) groups is 1. The maximum absolute atomic E-state index is 12.1. The van der Waals surface area contributed by atoms with Crippen LogP contribution < -0.4 is 11.0 Å². The molecular formula is C14H21N5O2S. The second-order valence-electron chi connectivity index (χ2n) is 5.72. The molecule has 0 aromatic carbocycles. The van der Waals surface area contributed by atoms with Crippen LogP contribution in [0.2, 0.25) is 0 Å². The Bertz CT molecular complexity index is 659. The summed E-state index contributed by atoms with van der Waals surface area (Å²) in [6, 6.07) is 3.69. The quantitative estimate of drug-likeness (QED) is 0.836. The number of nitrogens with zero attached hydrogens (tertiary/aromatic N) is 4. The summed E-state index contributed by atoms with van der Waals surface area (Å²) in [6.45, 7) is 6.15. The van der Waals surface area contributed by atoms with Crippen molar-refractivity contribution in [2.45, 2.75) is 46.2 Å². The summed E-state index contributed by atoms with van der Waals surface area (Å²) in [5.41, 5.74) is -0.410. The van der Waals surface area contributed by atoms with Gasteiger partial charge in [-0.1, -0.05) is 13.8 Å². The average Bonchev–Trinajstić information content (AvgIpc) is 3.07. The molecule has 0 aliphatic carbocycles. The van der Waals surface area contributed by atoms with Gasteiger partial charge in [0.25, 0.3) is 0 Å². The number of thiophene rings is 1. The van der Waals surface area contributed by atoms with Gasteiger partial charge in [-0.25, -0.2) is 4.79 Å². The number of amides is 1. The molecular weight excluding hydrogens is 302 g/mol. The molecule has 0 spiro atoms. The predicted octanol–water partition coefficient (Wildman–Crippen LogP) is 1.43. The Morgan fingerprint density at radius 2 is 2.09 bits per heavy atom. The molecule has 1 atom stereocenters. The number of aromatic nitrogens is 4. The summed E-state index contributed by atoms with van der Waals surface area (Å²) in [7, 11) is 0. The average molecular weight is 323 g/mol. The van der Waals surface area contributed by atoms with Gasteiger partial charge in [-0.2, -0.15) is 9.36 Å². The van der Waals surface area contributed by atoms with Crippen molar-refractivity contribution in [3.05, 3.63) is 28.0 Å². The minimum Gasteiger partial charge on any atom is -0.352 e. The molecule has 0 saturated heterocycles. The molecule has 2 heterocycles. The maximum atomic E-state index is 12.1. The number of hydrogen-bond acceptors (Lipinski definition) is 5. The van der Waals surface area contributed by atoms with Gasteiger partial charge in [0.05, 0.1) is 0 Å². The van der Waals surface area contributed by atoms with Gasteiger partial charge in [0.2, 0.25) is 5.91 Å². The van der Waals surface area contributed by atoms with E-state index in [1.54, 1.807) is 6.07 Å². The molecule has 2 aromatic rings. The molecule has 0 radical (unpaired) electrons. The number of hydrogen-bond donors (Lipinski definition) is 1. The Morgan fingerprint density at radius 1 is 1.32 bits per heavy atom. The molecule has 0 aliphatic heterocycles. The van der Waals surface area contributed by atoms with E-state index in [0.29, 0.717) is 10.9 Å².